The summed E-state index contributed by atoms with van der Waals surface area (Å²) in [6.07, 6.45) is 2.22. The van der Waals surface area contributed by atoms with Crippen molar-refractivity contribution in [1.82, 2.24) is 20.8 Å². The van der Waals surface area contributed by atoms with Crippen molar-refractivity contribution in [3.05, 3.63) is 64.7 Å². The maximum absolute atomic E-state index is 13.7. The molecule has 2 aliphatic rings. The highest BCUT2D eigenvalue weighted by Gasteiger charge is 2.38. The smallest absolute Gasteiger partial charge is 0.245 e. The Hall–Kier alpha value is -4.58. The van der Waals surface area contributed by atoms with E-state index in [1.807, 2.05) is 27.7 Å². The van der Waals surface area contributed by atoms with Gasteiger partial charge in [-0.05, 0) is 50.0 Å². The van der Waals surface area contributed by atoms with Gasteiger partial charge in [-0.15, -0.1) is 0 Å². The molecule has 1 fully saturated rings. The second kappa shape index (κ2) is 16.5. The predicted octanol–water partition coefficient (Wildman–Crippen LogP) is 2.39. The van der Waals surface area contributed by atoms with Crippen LogP contribution in [0.25, 0.3) is 0 Å². The highest BCUT2D eigenvalue weighted by molar-refractivity contribution is 6.30. The van der Waals surface area contributed by atoms with Crippen molar-refractivity contribution in [3.63, 3.8) is 0 Å². The lowest BCUT2D eigenvalue weighted by atomic mass is 9.83. The van der Waals surface area contributed by atoms with E-state index in [4.69, 9.17) is 7.15 Å². The van der Waals surface area contributed by atoms with Crippen LogP contribution in [0.1, 0.15) is 91.6 Å². The van der Waals surface area contributed by atoms with Gasteiger partial charge in [0.05, 0.1) is 18.2 Å². The van der Waals surface area contributed by atoms with E-state index in [1.165, 1.54) is 4.90 Å². The molecule has 2 aromatic rings. The minimum Gasteiger partial charge on any atom is -0.384 e. The van der Waals surface area contributed by atoms with Crippen LogP contribution in [0, 0.1) is 11.8 Å². The van der Waals surface area contributed by atoms with Crippen LogP contribution in [-0.2, 0) is 19.2 Å². The average Bonchev–Trinajstić information content (AvgIpc) is 3.57. The molecular formula is C36H48N6O6. The Labute approximate surface area is 283 Å². The van der Waals surface area contributed by atoms with Gasteiger partial charge in [0.15, 0.2) is 13.0 Å². The van der Waals surface area contributed by atoms with Crippen LogP contribution >= 0.6 is 0 Å². The molecule has 12 nitrogen and oxygen atoms in total. The van der Waals surface area contributed by atoms with Gasteiger partial charge in [0.2, 0.25) is 23.6 Å². The van der Waals surface area contributed by atoms with Crippen LogP contribution in [0.5, 0.6) is 0 Å². The van der Waals surface area contributed by atoms with E-state index < -0.39 is 42.4 Å². The molecule has 0 bridgehead atoms. The number of nitrogens with zero attached hydrogens (tertiary/aromatic N) is 1. The topological polar surface area (TPSA) is 180 Å². The molecule has 12 heteroatoms. The average molecular weight is 662 g/mol. The van der Waals surface area contributed by atoms with E-state index in [0.717, 1.165) is 0 Å². The summed E-state index contributed by atoms with van der Waals surface area (Å²) in [5.41, 5.74) is 7.91. The Morgan fingerprint density at radius 1 is 0.896 bits per heavy atom. The second-order valence-corrected chi connectivity index (χ2v) is 13.3. The highest BCUT2D eigenvalue weighted by atomic mass is 16.2. The quantitative estimate of drug-likeness (QED) is 0.154. The van der Waals surface area contributed by atoms with Gasteiger partial charge >= 0.3 is 0 Å². The molecule has 4 rings (SSSR count). The van der Waals surface area contributed by atoms with E-state index in [0.29, 0.717) is 78.6 Å². The third-order valence-electron chi connectivity index (χ3n) is 8.51. The molecule has 4 amide bonds. The number of carbonyl (C=O) groups is 6. The van der Waals surface area contributed by atoms with Crippen LogP contribution in [0.2, 0.25) is 1.41 Å². The van der Waals surface area contributed by atoms with Gasteiger partial charge in [0.1, 0.15) is 12.1 Å². The number of likely N-dealkylation sites (tertiary alicyclic amines) is 1. The molecule has 0 spiro atoms. The molecule has 1 saturated heterocycles. The number of ketones is 2. The third-order valence-corrected chi connectivity index (χ3v) is 8.51. The first kappa shape index (κ1) is 34.7. The van der Waals surface area contributed by atoms with Gasteiger partial charge in [0.25, 0.3) is 0 Å². The molecule has 2 aromatic carbocycles. The lowest BCUT2D eigenvalue weighted by molar-refractivity contribution is -0.141. The highest BCUT2D eigenvalue weighted by Crippen LogP contribution is 2.32. The molecule has 0 unspecified atom stereocenters. The standard InChI is InChI=1S/C36H48N6O6/c1-21(2)18-26(37)34(46)40-20-30(43)41-28(19-22(3)4)36(48)42-17-8-14-29(42)35(47)39-16-9-15-38-27-13-7-12-25-31(27)33(45)24-11-6-5-10-23(24)32(25)44/h5-7,10-13,21-22,26,28-29,38H,8-9,14-20,37H2,1-4H3,(H,39,47)(H,40,46)(H,41,43)/t26-,28-,29-/m0/s1/i/hD. The number of nitrogens with two attached hydrogens (primary N) is 1. The SMILES string of the molecule is [2H]N(C(=O)CNC(=O)[C@@H](N)CC(C)C)[C@@H](CC(C)C)C(=O)N1CCC[C@H]1C(=O)NCCCNc1cccc2c1C(=O)c1ccccc1C2=O. The fourth-order valence-electron chi connectivity index (χ4n) is 6.21. The number of nitrogens with one attached hydrogen (secondary N) is 4. The Morgan fingerprint density at radius 3 is 2.25 bits per heavy atom. The van der Waals surface area contributed by atoms with E-state index >= 15 is 0 Å². The number of carbonyl (C=O) groups excluding carboxylic acids is 6. The van der Waals surface area contributed by atoms with Crippen molar-refractivity contribution < 1.29 is 30.2 Å². The molecule has 48 heavy (non-hydrogen) atoms. The summed E-state index contributed by atoms with van der Waals surface area (Å²) in [4.78, 5) is 80.0. The van der Waals surface area contributed by atoms with Crippen molar-refractivity contribution in [2.45, 2.75) is 77.9 Å². The Morgan fingerprint density at radius 2 is 1.56 bits per heavy atom. The van der Waals surface area contributed by atoms with Gasteiger partial charge in [0, 0.05) is 42.0 Å². The monoisotopic (exact) mass is 661 g/mol. The summed E-state index contributed by atoms with van der Waals surface area (Å²) in [6.45, 7) is 8.20. The maximum Gasteiger partial charge on any atom is 0.245 e. The molecule has 258 valence electrons. The zero-order chi connectivity index (χ0) is 35.8. The summed E-state index contributed by atoms with van der Waals surface area (Å²) >= 11 is 0. The van der Waals surface area contributed by atoms with Crippen molar-refractivity contribution in [2.75, 3.05) is 31.5 Å². The first-order valence-electron chi connectivity index (χ1n) is 17.2. The molecule has 0 radical (unpaired) electrons. The fraction of sp³-hybridized carbons (Fsp3) is 0.500. The molecule has 1 aliphatic heterocycles. The largest absolute Gasteiger partial charge is 0.384 e. The van der Waals surface area contributed by atoms with Crippen LogP contribution in [0.3, 0.4) is 0 Å². The Balaban J connectivity index is 1.31. The number of rotatable bonds is 15. The maximum atomic E-state index is 13.7. The second-order valence-electron chi connectivity index (χ2n) is 13.3. The Bertz CT molecular complexity index is 1580. The number of hydrogen-bond donors (Lipinski definition) is 5. The predicted molar refractivity (Wildman–Crippen MR) is 182 cm³/mol. The van der Waals surface area contributed by atoms with E-state index in [1.54, 1.807) is 42.5 Å². The fourth-order valence-corrected chi connectivity index (χ4v) is 6.21. The van der Waals surface area contributed by atoms with Crippen molar-refractivity contribution in [2.24, 2.45) is 17.6 Å². The van der Waals surface area contributed by atoms with Gasteiger partial charge in [-0.2, -0.15) is 0 Å². The minimum absolute atomic E-state index is 0.0237. The summed E-state index contributed by atoms with van der Waals surface area (Å²) in [6, 6.07) is 9.26. The summed E-state index contributed by atoms with van der Waals surface area (Å²) in [5, 5.41) is 9.22. The van der Waals surface area contributed by atoms with Gasteiger partial charge in [-0.1, -0.05) is 64.1 Å². The van der Waals surface area contributed by atoms with E-state index in [2.05, 4.69) is 16.0 Å². The van der Waals surface area contributed by atoms with Crippen molar-refractivity contribution >= 4 is 40.9 Å². The van der Waals surface area contributed by atoms with Crippen LogP contribution in [0.4, 0.5) is 5.69 Å². The van der Waals surface area contributed by atoms with Gasteiger partial charge in [-0.3, -0.25) is 28.8 Å². The lowest BCUT2D eigenvalue weighted by Crippen LogP contribution is -2.55. The van der Waals surface area contributed by atoms with Crippen LogP contribution < -0.4 is 27.0 Å². The number of anilines is 1. The third kappa shape index (κ3) is 8.85. The first-order chi connectivity index (χ1) is 23.3. The minimum atomic E-state index is -1.12. The van der Waals surface area contributed by atoms with E-state index in [9.17, 15) is 28.8 Å². The van der Waals surface area contributed by atoms with Crippen LogP contribution in [-0.4, -0.2) is 84.4 Å². The molecule has 1 heterocycles. The molecule has 6 N–H and O–H groups in total. The zero-order valence-corrected chi connectivity index (χ0v) is 28.2. The van der Waals surface area contributed by atoms with Gasteiger partial charge in [-0.25, -0.2) is 0 Å². The van der Waals surface area contributed by atoms with Gasteiger partial charge < -0.3 is 31.9 Å². The van der Waals surface area contributed by atoms with Crippen molar-refractivity contribution in [3.8, 4) is 0 Å². The van der Waals surface area contributed by atoms with E-state index in [-0.39, 0.29) is 35.7 Å². The first-order valence-corrected chi connectivity index (χ1v) is 16.8. The zero-order valence-electron chi connectivity index (χ0n) is 29.2. The van der Waals surface area contributed by atoms with Crippen LogP contribution in [0.15, 0.2) is 42.5 Å². The van der Waals surface area contributed by atoms with Crippen molar-refractivity contribution in [1.29, 1.82) is 0 Å². The number of fused-ring (bicyclic) bond motifs is 2. The molecule has 1 aliphatic carbocycles. The summed E-state index contributed by atoms with van der Waals surface area (Å²) in [7, 11) is 0. The summed E-state index contributed by atoms with van der Waals surface area (Å²) in [5.74, 6) is -2.28. The molecular weight excluding hydrogens is 612 g/mol. The molecule has 0 aromatic heterocycles. The number of amides is 4. The normalized spacial score (nSPS) is 16.9. The summed E-state index contributed by atoms with van der Waals surface area (Å²) < 4.78 is 8.51. The molecule has 0 saturated carbocycles. The molecule has 3 atom stereocenters. The number of hydrogen-bond acceptors (Lipinski definition) is 8. The number of benzene rings is 2. The Kier molecular flexibility index (Phi) is 11.9. The lowest BCUT2D eigenvalue weighted by Gasteiger charge is -2.29.